The minimum Gasteiger partial charge on any atom is -0.356 e. The van der Waals surface area contributed by atoms with E-state index in [4.69, 9.17) is 0 Å². The number of hydrogen-bond donors (Lipinski definition) is 1. The second-order valence-corrected chi connectivity index (χ2v) is 5.30. The zero-order valence-corrected chi connectivity index (χ0v) is 11.6. The van der Waals surface area contributed by atoms with Gasteiger partial charge in [-0.15, -0.1) is 0 Å². The Morgan fingerprint density at radius 2 is 2.31 bits per heavy atom. The molecule has 2 heterocycles. The highest BCUT2D eigenvalue weighted by Crippen LogP contribution is 2.22. The van der Waals surface area contributed by atoms with Crippen molar-refractivity contribution in [3.05, 3.63) is 16.1 Å². The summed E-state index contributed by atoms with van der Waals surface area (Å²) in [5, 5.41) is 3.44. The molecule has 0 aliphatic carbocycles. The van der Waals surface area contributed by atoms with Gasteiger partial charge in [-0.1, -0.05) is 0 Å². The van der Waals surface area contributed by atoms with E-state index in [0.717, 1.165) is 22.5 Å². The molecule has 0 saturated carbocycles. The molecule has 0 amide bonds. The highest BCUT2D eigenvalue weighted by Gasteiger charge is 2.19. The maximum absolute atomic E-state index is 4.37. The predicted molar refractivity (Wildman–Crippen MR) is 73.7 cm³/mol. The van der Waals surface area contributed by atoms with Gasteiger partial charge < -0.3 is 10.2 Å². The summed E-state index contributed by atoms with van der Waals surface area (Å²) in [6.07, 6.45) is 7.17. The van der Waals surface area contributed by atoms with Crippen molar-refractivity contribution < 1.29 is 0 Å². The lowest BCUT2D eigenvalue weighted by molar-refractivity contribution is 0.561. The van der Waals surface area contributed by atoms with Crippen LogP contribution in [0.15, 0.2) is 12.5 Å². The fourth-order valence-electron chi connectivity index (χ4n) is 2.13. The molecule has 88 valence electrons. The molecule has 0 radical (unpaired) electrons. The van der Waals surface area contributed by atoms with Gasteiger partial charge in [0.05, 0.1) is 3.57 Å². The van der Waals surface area contributed by atoms with E-state index in [9.17, 15) is 0 Å². The van der Waals surface area contributed by atoms with Crippen LogP contribution in [0.5, 0.6) is 0 Å². The zero-order chi connectivity index (χ0) is 11.4. The van der Waals surface area contributed by atoms with Crippen LogP contribution in [0, 0.1) is 3.57 Å². The first-order valence-corrected chi connectivity index (χ1v) is 6.76. The van der Waals surface area contributed by atoms with Gasteiger partial charge in [0.2, 0.25) is 0 Å². The van der Waals surface area contributed by atoms with Crippen molar-refractivity contribution in [1.82, 2.24) is 15.3 Å². The quantitative estimate of drug-likeness (QED) is 0.837. The average Bonchev–Trinajstić information content (AvgIpc) is 2.57. The Balaban J connectivity index is 2.11. The van der Waals surface area contributed by atoms with Gasteiger partial charge in [-0.2, -0.15) is 0 Å². The lowest BCUT2D eigenvalue weighted by atomic mass is 10.1. The summed E-state index contributed by atoms with van der Waals surface area (Å²) in [5.41, 5.74) is 0. The van der Waals surface area contributed by atoms with E-state index in [0.29, 0.717) is 6.04 Å². The van der Waals surface area contributed by atoms with Crippen molar-refractivity contribution in [1.29, 1.82) is 0 Å². The molecule has 4 nitrogen and oxygen atoms in total. The highest BCUT2D eigenvalue weighted by atomic mass is 127. The van der Waals surface area contributed by atoms with Gasteiger partial charge in [0.1, 0.15) is 12.1 Å². The van der Waals surface area contributed by atoms with Crippen molar-refractivity contribution in [2.24, 2.45) is 0 Å². The Hall–Kier alpha value is -0.430. The van der Waals surface area contributed by atoms with Crippen LogP contribution in [-0.4, -0.2) is 36.1 Å². The molecule has 2 rings (SSSR count). The molecule has 1 saturated heterocycles. The number of nitrogens with zero attached hydrogens (tertiary/aromatic N) is 3. The van der Waals surface area contributed by atoms with Crippen LogP contribution in [0.2, 0.25) is 0 Å². The van der Waals surface area contributed by atoms with Crippen molar-refractivity contribution in [2.45, 2.75) is 25.3 Å². The number of rotatable bonds is 2. The van der Waals surface area contributed by atoms with Crippen LogP contribution < -0.4 is 10.2 Å². The summed E-state index contributed by atoms with van der Waals surface area (Å²) < 4.78 is 1.12. The summed E-state index contributed by atoms with van der Waals surface area (Å²) in [4.78, 5) is 10.7. The Kier molecular flexibility index (Phi) is 4.34. The van der Waals surface area contributed by atoms with Crippen molar-refractivity contribution >= 4 is 28.4 Å². The fourth-order valence-corrected chi connectivity index (χ4v) is 2.81. The molecule has 1 atom stereocenters. The smallest absolute Gasteiger partial charge is 0.145 e. The van der Waals surface area contributed by atoms with Crippen molar-refractivity contribution in [3.63, 3.8) is 0 Å². The van der Waals surface area contributed by atoms with Gasteiger partial charge in [0.25, 0.3) is 0 Å². The molecule has 1 unspecified atom stereocenters. The maximum atomic E-state index is 4.37. The number of anilines is 1. The summed E-state index contributed by atoms with van der Waals surface area (Å²) in [6.45, 7) is 2.25. The molecule has 0 bridgehead atoms. The molecule has 16 heavy (non-hydrogen) atoms. The first-order chi connectivity index (χ1) is 7.79. The summed E-state index contributed by atoms with van der Waals surface area (Å²) >= 11 is 2.30. The lowest BCUT2D eigenvalue weighted by Gasteiger charge is -2.28. The lowest BCUT2D eigenvalue weighted by Crippen LogP contribution is -2.33. The number of nitrogens with one attached hydrogen (secondary N) is 1. The molecule has 0 spiro atoms. The van der Waals surface area contributed by atoms with Gasteiger partial charge in [0, 0.05) is 19.3 Å². The van der Waals surface area contributed by atoms with Crippen molar-refractivity contribution in [2.75, 3.05) is 25.0 Å². The van der Waals surface area contributed by atoms with Crippen molar-refractivity contribution in [3.8, 4) is 0 Å². The Bertz CT molecular complexity index is 337. The SMILES string of the molecule is CN(c1ncncc1I)C1CCCNCC1. The molecule has 1 aliphatic heterocycles. The number of halogens is 1. The molecule has 1 aromatic heterocycles. The van der Waals surface area contributed by atoms with E-state index in [1.807, 2.05) is 6.20 Å². The third-order valence-electron chi connectivity index (χ3n) is 3.08. The first-order valence-electron chi connectivity index (χ1n) is 5.68. The minimum absolute atomic E-state index is 0.596. The van der Waals surface area contributed by atoms with E-state index in [2.05, 4.69) is 49.8 Å². The molecule has 0 aromatic carbocycles. The average molecular weight is 332 g/mol. The second-order valence-electron chi connectivity index (χ2n) is 4.14. The standard InChI is InChI=1S/C11H17IN4/c1-16(9-3-2-5-13-6-4-9)11-10(12)7-14-8-15-11/h7-9,13H,2-6H2,1H3. The number of aromatic nitrogens is 2. The third kappa shape index (κ3) is 2.82. The molecular formula is C11H17IN4. The van der Waals surface area contributed by atoms with Gasteiger partial charge in [-0.3, -0.25) is 0 Å². The minimum atomic E-state index is 0.596. The molecule has 5 heteroatoms. The van der Waals surface area contributed by atoms with Crippen LogP contribution in [0.3, 0.4) is 0 Å². The Morgan fingerprint density at radius 1 is 1.44 bits per heavy atom. The van der Waals surface area contributed by atoms with E-state index in [1.54, 1.807) is 6.33 Å². The normalized spacial score (nSPS) is 21.5. The predicted octanol–water partition coefficient (Wildman–Crippen LogP) is 1.66. The second kappa shape index (κ2) is 5.77. The fraction of sp³-hybridized carbons (Fsp3) is 0.636. The van der Waals surface area contributed by atoms with E-state index < -0.39 is 0 Å². The van der Waals surface area contributed by atoms with E-state index >= 15 is 0 Å². The zero-order valence-electron chi connectivity index (χ0n) is 9.49. The van der Waals surface area contributed by atoms with E-state index in [1.165, 1.54) is 19.3 Å². The Morgan fingerprint density at radius 3 is 3.12 bits per heavy atom. The van der Waals surface area contributed by atoms with Crippen LogP contribution in [0.25, 0.3) is 0 Å². The van der Waals surface area contributed by atoms with Crippen LogP contribution in [0.1, 0.15) is 19.3 Å². The van der Waals surface area contributed by atoms with Gasteiger partial charge >= 0.3 is 0 Å². The molecule has 1 N–H and O–H groups in total. The first kappa shape index (κ1) is 12.0. The third-order valence-corrected chi connectivity index (χ3v) is 3.84. The largest absolute Gasteiger partial charge is 0.356 e. The van der Waals surface area contributed by atoms with E-state index in [-0.39, 0.29) is 0 Å². The van der Waals surface area contributed by atoms with Crippen LogP contribution in [-0.2, 0) is 0 Å². The topological polar surface area (TPSA) is 41.1 Å². The molecule has 1 aromatic rings. The van der Waals surface area contributed by atoms with Gasteiger partial charge in [-0.25, -0.2) is 9.97 Å². The van der Waals surface area contributed by atoms with Gasteiger partial charge in [-0.05, 0) is 54.9 Å². The maximum Gasteiger partial charge on any atom is 0.145 e. The Labute approximate surface area is 110 Å². The van der Waals surface area contributed by atoms with Crippen LogP contribution >= 0.6 is 22.6 Å². The molecule has 1 fully saturated rings. The highest BCUT2D eigenvalue weighted by molar-refractivity contribution is 14.1. The molecular weight excluding hydrogens is 315 g/mol. The summed E-state index contributed by atoms with van der Waals surface area (Å²) in [5.74, 6) is 1.06. The number of hydrogen-bond acceptors (Lipinski definition) is 4. The summed E-state index contributed by atoms with van der Waals surface area (Å²) in [7, 11) is 2.14. The molecule has 1 aliphatic rings. The summed E-state index contributed by atoms with van der Waals surface area (Å²) in [6, 6.07) is 0.596. The van der Waals surface area contributed by atoms with Crippen LogP contribution in [0.4, 0.5) is 5.82 Å². The van der Waals surface area contributed by atoms with Gasteiger partial charge in [0.15, 0.2) is 0 Å². The monoisotopic (exact) mass is 332 g/mol.